The van der Waals surface area contributed by atoms with Gasteiger partial charge in [0.05, 0.1) is 19.3 Å². The average molecular weight is 327 g/mol. The molecule has 1 heterocycles. The molecule has 1 aliphatic rings. The summed E-state index contributed by atoms with van der Waals surface area (Å²) >= 11 is 0. The predicted molar refractivity (Wildman–Crippen MR) is 95.7 cm³/mol. The first-order chi connectivity index (χ1) is 11.8. The normalized spacial score (nSPS) is 15.4. The second-order valence-corrected chi connectivity index (χ2v) is 6.32. The van der Waals surface area contributed by atoms with Crippen LogP contribution in [-0.4, -0.2) is 44.2 Å². The van der Waals surface area contributed by atoms with Crippen LogP contribution in [0.4, 0.5) is 0 Å². The summed E-state index contributed by atoms with van der Waals surface area (Å²) in [7, 11) is 1.40. The average Bonchev–Trinajstić information content (AvgIpc) is 2.65. The lowest BCUT2D eigenvalue weighted by Gasteiger charge is -2.26. The van der Waals surface area contributed by atoms with E-state index in [0.29, 0.717) is 5.56 Å². The number of rotatable bonds is 6. The first kappa shape index (κ1) is 16.8. The highest BCUT2D eigenvalue weighted by molar-refractivity contribution is 5.95. The van der Waals surface area contributed by atoms with Crippen molar-refractivity contribution in [2.75, 3.05) is 33.4 Å². The van der Waals surface area contributed by atoms with Crippen molar-refractivity contribution in [3.63, 3.8) is 0 Å². The summed E-state index contributed by atoms with van der Waals surface area (Å²) in [6.45, 7) is 4.33. The monoisotopic (exact) mass is 327 g/mol. The highest BCUT2D eigenvalue weighted by atomic mass is 16.5. The quantitative estimate of drug-likeness (QED) is 0.596. The molecule has 0 aliphatic carbocycles. The maximum Gasteiger partial charge on any atom is 0.337 e. The number of piperidine rings is 1. The number of carbonyl (C=O) groups is 1. The van der Waals surface area contributed by atoms with E-state index in [4.69, 9.17) is 9.47 Å². The van der Waals surface area contributed by atoms with E-state index in [0.717, 1.165) is 36.1 Å². The predicted octanol–water partition coefficient (Wildman–Crippen LogP) is 3.88. The van der Waals surface area contributed by atoms with Crippen molar-refractivity contribution in [3.05, 3.63) is 42.0 Å². The zero-order valence-corrected chi connectivity index (χ0v) is 14.3. The number of methoxy groups -OCH3 is 1. The first-order valence-electron chi connectivity index (χ1n) is 8.73. The summed E-state index contributed by atoms with van der Waals surface area (Å²) in [6.07, 6.45) is 5.10. The van der Waals surface area contributed by atoms with Crippen molar-refractivity contribution in [1.29, 1.82) is 0 Å². The van der Waals surface area contributed by atoms with Crippen LogP contribution < -0.4 is 4.74 Å². The van der Waals surface area contributed by atoms with Crippen LogP contribution in [0.15, 0.2) is 36.4 Å². The summed E-state index contributed by atoms with van der Waals surface area (Å²) in [5, 5.41) is 2.08. The molecule has 0 aromatic heterocycles. The smallest absolute Gasteiger partial charge is 0.337 e. The number of nitrogens with zero attached hydrogens (tertiary/aromatic N) is 1. The highest BCUT2D eigenvalue weighted by Crippen LogP contribution is 2.22. The third kappa shape index (κ3) is 4.26. The van der Waals surface area contributed by atoms with Crippen molar-refractivity contribution in [2.24, 2.45) is 0 Å². The molecule has 4 nitrogen and oxygen atoms in total. The molecule has 24 heavy (non-hydrogen) atoms. The fraction of sp³-hybridized carbons (Fsp3) is 0.450. The topological polar surface area (TPSA) is 38.8 Å². The maximum absolute atomic E-state index is 11.6. The van der Waals surface area contributed by atoms with Gasteiger partial charge in [0.1, 0.15) is 5.75 Å². The van der Waals surface area contributed by atoms with Crippen LogP contribution in [0.1, 0.15) is 36.0 Å². The number of hydrogen-bond donors (Lipinski definition) is 0. The molecule has 128 valence electrons. The fourth-order valence-electron chi connectivity index (χ4n) is 3.22. The van der Waals surface area contributed by atoms with E-state index in [1.165, 1.54) is 39.5 Å². The van der Waals surface area contributed by atoms with Crippen LogP contribution in [0.25, 0.3) is 10.8 Å². The Kier molecular flexibility index (Phi) is 5.70. The van der Waals surface area contributed by atoms with E-state index >= 15 is 0 Å². The fourth-order valence-corrected chi connectivity index (χ4v) is 3.22. The molecule has 0 N–H and O–H groups in total. The van der Waals surface area contributed by atoms with Gasteiger partial charge in [-0.15, -0.1) is 0 Å². The lowest BCUT2D eigenvalue weighted by atomic mass is 10.1. The van der Waals surface area contributed by atoms with Gasteiger partial charge in [0.15, 0.2) is 0 Å². The number of carbonyl (C=O) groups excluding carboxylic acids is 1. The lowest BCUT2D eigenvalue weighted by molar-refractivity contribution is 0.0601. The SMILES string of the molecule is COC(=O)c1ccc2cc(OCCCN3CCCCC3)ccc2c1. The molecule has 0 amide bonds. The van der Waals surface area contributed by atoms with E-state index in [1.807, 2.05) is 30.3 Å². The van der Waals surface area contributed by atoms with Gasteiger partial charge in [0, 0.05) is 6.54 Å². The minimum absolute atomic E-state index is 0.310. The molecule has 4 heteroatoms. The van der Waals surface area contributed by atoms with Crippen LogP contribution >= 0.6 is 0 Å². The summed E-state index contributed by atoms with van der Waals surface area (Å²) in [5.74, 6) is 0.571. The molecule has 3 rings (SSSR count). The number of fused-ring (bicyclic) bond motifs is 1. The Balaban J connectivity index is 1.54. The van der Waals surface area contributed by atoms with E-state index in [-0.39, 0.29) is 5.97 Å². The molecular weight excluding hydrogens is 302 g/mol. The molecule has 0 radical (unpaired) electrons. The third-order valence-electron chi connectivity index (χ3n) is 4.57. The van der Waals surface area contributed by atoms with Crippen molar-refractivity contribution in [3.8, 4) is 5.75 Å². The Bertz CT molecular complexity index is 692. The highest BCUT2D eigenvalue weighted by Gasteiger charge is 2.09. The summed E-state index contributed by atoms with van der Waals surface area (Å²) < 4.78 is 10.6. The minimum atomic E-state index is -0.310. The van der Waals surface area contributed by atoms with Crippen molar-refractivity contribution >= 4 is 16.7 Å². The summed E-state index contributed by atoms with van der Waals surface area (Å²) in [4.78, 5) is 14.1. The van der Waals surface area contributed by atoms with Gasteiger partial charge >= 0.3 is 5.97 Å². The first-order valence-corrected chi connectivity index (χ1v) is 8.73. The zero-order chi connectivity index (χ0) is 16.8. The molecule has 0 spiro atoms. The van der Waals surface area contributed by atoms with E-state index in [2.05, 4.69) is 4.90 Å². The minimum Gasteiger partial charge on any atom is -0.494 e. The second kappa shape index (κ2) is 8.15. The van der Waals surface area contributed by atoms with Gasteiger partial charge in [0.2, 0.25) is 0 Å². The lowest BCUT2D eigenvalue weighted by Crippen LogP contribution is -2.31. The van der Waals surface area contributed by atoms with Crippen LogP contribution in [0.5, 0.6) is 5.75 Å². The van der Waals surface area contributed by atoms with E-state index < -0.39 is 0 Å². The molecule has 1 saturated heterocycles. The summed E-state index contributed by atoms with van der Waals surface area (Å²) in [6, 6.07) is 11.5. The molecule has 2 aromatic rings. The van der Waals surface area contributed by atoms with E-state index in [9.17, 15) is 4.79 Å². The Morgan fingerprint density at radius 1 is 1.04 bits per heavy atom. The van der Waals surface area contributed by atoms with Crippen molar-refractivity contribution in [1.82, 2.24) is 4.90 Å². The maximum atomic E-state index is 11.6. The van der Waals surface area contributed by atoms with Crippen LogP contribution in [0, 0.1) is 0 Å². The van der Waals surface area contributed by atoms with Crippen molar-refractivity contribution < 1.29 is 14.3 Å². The van der Waals surface area contributed by atoms with Crippen molar-refractivity contribution in [2.45, 2.75) is 25.7 Å². The Labute approximate surface area is 143 Å². The van der Waals surface area contributed by atoms with Gasteiger partial charge in [0.25, 0.3) is 0 Å². The van der Waals surface area contributed by atoms with Gasteiger partial charge in [-0.1, -0.05) is 18.6 Å². The van der Waals surface area contributed by atoms with Gasteiger partial charge < -0.3 is 14.4 Å². The van der Waals surface area contributed by atoms with Gasteiger partial charge in [-0.05, 0) is 67.4 Å². The van der Waals surface area contributed by atoms with Gasteiger partial charge in [-0.3, -0.25) is 0 Å². The largest absolute Gasteiger partial charge is 0.494 e. The molecule has 1 aliphatic heterocycles. The molecule has 0 unspecified atom stereocenters. The van der Waals surface area contributed by atoms with Crippen LogP contribution in [0.3, 0.4) is 0 Å². The zero-order valence-electron chi connectivity index (χ0n) is 14.3. The number of ether oxygens (including phenoxy) is 2. The number of likely N-dealkylation sites (tertiary alicyclic amines) is 1. The molecule has 1 fully saturated rings. The summed E-state index contributed by atoms with van der Waals surface area (Å²) in [5.41, 5.74) is 0.570. The number of hydrogen-bond acceptors (Lipinski definition) is 4. The Morgan fingerprint density at radius 3 is 2.58 bits per heavy atom. The van der Waals surface area contributed by atoms with Crippen LogP contribution in [0.2, 0.25) is 0 Å². The van der Waals surface area contributed by atoms with E-state index in [1.54, 1.807) is 6.07 Å². The molecule has 0 bridgehead atoms. The Hall–Kier alpha value is -2.07. The molecular formula is C20H25NO3. The van der Waals surface area contributed by atoms with Gasteiger partial charge in [-0.2, -0.15) is 0 Å². The van der Waals surface area contributed by atoms with Crippen LogP contribution in [-0.2, 0) is 4.74 Å². The van der Waals surface area contributed by atoms with Gasteiger partial charge in [-0.25, -0.2) is 4.79 Å². The standard InChI is InChI=1S/C20H25NO3/c1-23-20(22)18-7-6-17-15-19(9-8-16(17)14-18)24-13-5-12-21-10-3-2-4-11-21/h6-9,14-15H,2-5,10-13H2,1H3. The molecule has 0 atom stereocenters. The molecule has 0 saturated carbocycles. The number of benzene rings is 2. The third-order valence-corrected chi connectivity index (χ3v) is 4.57. The second-order valence-electron chi connectivity index (χ2n) is 6.32. The number of esters is 1. The Morgan fingerprint density at radius 2 is 1.79 bits per heavy atom. The molecule has 2 aromatic carbocycles.